The molecule has 0 unspecified atom stereocenters. The molecule has 5 heteroatoms. The molecule has 1 aromatic rings. The first-order valence-corrected chi connectivity index (χ1v) is 3.99. The Kier molecular flexibility index (Phi) is 2.59. The molecule has 12 heavy (non-hydrogen) atoms. The Labute approximate surface area is 79.9 Å². The van der Waals surface area contributed by atoms with E-state index in [1.807, 2.05) is 0 Å². The van der Waals surface area contributed by atoms with Crippen molar-refractivity contribution in [1.82, 2.24) is 0 Å². The number of hydrogen-bond donors (Lipinski definition) is 1. The number of nitro benzene ring substituents is 1. The molecule has 0 aliphatic heterocycles. The van der Waals surface area contributed by atoms with Crippen LogP contribution in [0.25, 0.3) is 0 Å². The van der Waals surface area contributed by atoms with Gasteiger partial charge in [-0.3, -0.25) is 10.1 Å². The third-order valence-corrected chi connectivity index (χ3v) is 2.51. The van der Waals surface area contributed by atoms with Crippen molar-refractivity contribution in [3.05, 3.63) is 32.8 Å². The Hall–Kier alpha value is -0.740. The molecule has 0 aromatic heterocycles. The minimum absolute atomic E-state index is 0.0137. The summed E-state index contributed by atoms with van der Waals surface area (Å²) in [7, 11) is 0. The van der Waals surface area contributed by atoms with E-state index in [9.17, 15) is 10.1 Å². The first-order chi connectivity index (χ1) is 5.54. The molecule has 0 atom stereocenters. The molecule has 0 amide bonds. The average Bonchev–Trinajstić information content (AvgIpc) is 2.00. The highest BCUT2D eigenvalue weighted by atomic mass is 35.5. The fourth-order valence-corrected chi connectivity index (χ4v) is 1.31. The molecule has 0 N–H and O–H groups in total. The van der Waals surface area contributed by atoms with E-state index < -0.39 is 4.92 Å². The topological polar surface area (TPSA) is 43.1 Å². The summed E-state index contributed by atoms with van der Waals surface area (Å²) < 4.78 is 0. The average molecular weight is 204 g/mol. The Morgan fingerprint density at radius 3 is 2.67 bits per heavy atom. The second-order valence-corrected chi connectivity index (χ2v) is 3.15. The van der Waals surface area contributed by atoms with E-state index in [0.29, 0.717) is 15.5 Å². The van der Waals surface area contributed by atoms with E-state index in [2.05, 4.69) is 12.6 Å². The van der Waals surface area contributed by atoms with Gasteiger partial charge >= 0.3 is 0 Å². The van der Waals surface area contributed by atoms with Crippen LogP contribution in [0.2, 0.25) is 5.02 Å². The Balaban J connectivity index is 3.36. The van der Waals surface area contributed by atoms with Crippen molar-refractivity contribution in [1.29, 1.82) is 0 Å². The molecule has 3 nitrogen and oxygen atoms in total. The monoisotopic (exact) mass is 203 g/mol. The van der Waals surface area contributed by atoms with Crippen LogP contribution in [-0.4, -0.2) is 4.92 Å². The standard InChI is InChI=1S/C7H6ClNO2S/c1-4-5(8)2-3-6(7(4)12)9(10)11/h2-3,12H,1H3. The van der Waals surface area contributed by atoms with Crippen LogP contribution in [0.15, 0.2) is 17.0 Å². The maximum atomic E-state index is 10.4. The lowest BCUT2D eigenvalue weighted by Gasteiger charge is -2.01. The zero-order chi connectivity index (χ0) is 9.30. The van der Waals surface area contributed by atoms with Gasteiger partial charge in [-0.05, 0) is 18.6 Å². The highest BCUT2D eigenvalue weighted by Gasteiger charge is 2.13. The van der Waals surface area contributed by atoms with E-state index in [1.54, 1.807) is 6.92 Å². The SMILES string of the molecule is Cc1c(Cl)ccc([N+](=O)[O-])c1S. The van der Waals surface area contributed by atoms with Crippen LogP contribution in [0.4, 0.5) is 5.69 Å². The molecular formula is C7H6ClNO2S. The predicted octanol–water partition coefficient (Wildman–Crippen LogP) is 2.85. The second kappa shape index (κ2) is 3.33. The Bertz CT molecular complexity index is 340. The van der Waals surface area contributed by atoms with Gasteiger partial charge in [-0.1, -0.05) is 11.6 Å². The zero-order valence-corrected chi connectivity index (χ0v) is 7.89. The summed E-state index contributed by atoms with van der Waals surface area (Å²) in [6.07, 6.45) is 0. The molecule has 64 valence electrons. The van der Waals surface area contributed by atoms with Crippen molar-refractivity contribution in [2.45, 2.75) is 11.8 Å². The Morgan fingerprint density at radius 2 is 2.17 bits per heavy atom. The van der Waals surface area contributed by atoms with Crippen LogP contribution in [0.5, 0.6) is 0 Å². The van der Waals surface area contributed by atoms with Gasteiger partial charge in [0.05, 0.1) is 9.82 Å². The van der Waals surface area contributed by atoms with Crippen LogP contribution < -0.4 is 0 Å². The lowest BCUT2D eigenvalue weighted by atomic mass is 10.2. The van der Waals surface area contributed by atoms with E-state index >= 15 is 0 Å². The third kappa shape index (κ3) is 1.54. The molecule has 0 fully saturated rings. The van der Waals surface area contributed by atoms with E-state index in [4.69, 9.17) is 11.6 Å². The molecular weight excluding hydrogens is 198 g/mol. The van der Waals surface area contributed by atoms with Gasteiger partial charge in [-0.25, -0.2) is 0 Å². The van der Waals surface area contributed by atoms with Crippen LogP contribution in [0.3, 0.4) is 0 Å². The highest BCUT2D eigenvalue weighted by Crippen LogP contribution is 2.30. The van der Waals surface area contributed by atoms with E-state index in [-0.39, 0.29) is 5.69 Å². The van der Waals surface area contributed by atoms with Crippen LogP contribution in [0.1, 0.15) is 5.56 Å². The van der Waals surface area contributed by atoms with Crippen molar-refractivity contribution >= 4 is 29.9 Å². The maximum Gasteiger partial charge on any atom is 0.282 e. The lowest BCUT2D eigenvalue weighted by molar-refractivity contribution is -0.387. The van der Waals surface area contributed by atoms with Gasteiger partial charge in [0.2, 0.25) is 0 Å². The van der Waals surface area contributed by atoms with Crippen molar-refractivity contribution < 1.29 is 4.92 Å². The number of benzene rings is 1. The smallest absolute Gasteiger partial charge is 0.258 e. The molecule has 1 rings (SSSR count). The number of rotatable bonds is 1. The van der Waals surface area contributed by atoms with E-state index in [1.165, 1.54) is 12.1 Å². The molecule has 0 saturated carbocycles. The van der Waals surface area contributed by atoms with Crippen LogP contribution >= 0.6 is 24.2 Å². The minimum atomic E-state index is -0.480. The molecule has 0 saturated heterocycles. The molecule has 0 bridgehead atoms. The molecule has 1 aromatic carbocycles. The van der Waals surface area contributed by atoms with Gasteiger partial charge in [0.15, 0.2) is 0 Å². The second-order valence-electron chi connectivity index (χ2n) is 2.30. The summed E-state index contributed by atoms with van der Waals surface area (Å²) in [4.78, 5) is 10.2. The predicted molar refractivity (Wildman–Crippen MR) is 50.1 cm³/mol. The summed E-state index contributed by atoms with van der Waals surface area (Å²) in [5, 5.41) is 10.9. The van der Waals surface area contributed by atoms with Crippen molar-refractivity contribution in [3.63, 3.8) is 0 Å². The number of halogens is 1. The summed E-state index contributed by atoms with van der Waals surface area (Å²) in [5.74, 6) is 0. The van der Waals surface area contributed by atoms with Gasteiger partial charge < -0.3 is 0 Å². The third-order valence-electron chi connectivity index (χ3n) is 1.54. The summed E-state index contributed by atoms with van der Waals surface area (Å²) in [6, 6.07) is 2.84. The van der Waals surface area contributed by atoms with Crippen molar-refractivity contribution in [3.8, 4) is 0 Å². The number of nitro groups is 1. The summed E-state index contributed by atoms with van der Waals surface area (Å²) in [5.41, 5.74) is 0.620. The summed E-state index contributed by atoms with van der Waals surface area (Å²) in [6.45, 7) is 1.69. The molecule has 0 spiro atoms. The lowest BCUT2D eigenvalue weighted by Crippen LogP contribution is -1.91. The van der Waals surface area contributed by atoms with Gasteiger partial charge in [0.1, 0.15) is 0 Å². The largest absolute Gasteiger partial charge is 0.282 e. The summed E-state index contributed by atoms with van der Waals surface area (Å²) >= 11 is 9.71. The van der Waals surface area contributed by atoms with Crippen LogP contribution in [-0.2, 0) is 0 Å². The molecule has 0 aliphatic rings. The van der Waals surface area contributed by atoms with Crippen molar-refractivity contribution in [2.24, 2.45) is 0 Å². The van der Waals surface area contributed by atoms with Gasteiger partial charge in [0.25, 0.3) is 5.69 Å². The van der Waals surface area contributed by atoms with Gasteiger partial charge in [-0.2, -0.15) is 0 Å². The first kappa shape index (κ1) is 9.35. The quantitative estimate of drug-likeness (QED) is 0.433. The molecule has 0 radical (unpaired) electrons. The maximum absolute atomic E-state index is 10.4. The highest BCUT2D eigenvalue weighted by molar-refractivity contribution is 7.80. The van der Waals surface area contributed by atoms with Crippen molar-refractivity contribution in [2.75, 3.05) is 0 Å². The first-order valence-electron chi connectivity index (χ1n) is 3.16. The Morgan fingerprint density at radius 1 is 1.58 bits per heavy atom. The number of nitrogens with zero attached hydrogens (tertiary/aromatic N) is 1. The fraction of sp³-hybridized carbons (Fsp3) is 0.143. The zero-order valence-electron chi connectivity index (χ0n) is 6.24. The van der Waals surface area contributed by atoms with Crippen LogP contribution in [0, 0.1) is 17.0 Å². The molecule has 0 aliphatic carbocycles. The van der Waals surface area contributed by atoms with E-state index in [0.717, 1.165) is 0 Å². The van der Waals surface area contributed by atoms with Gasteiger partial charge in [-0.15, -0.1) is 12.6 Å². The number of hydrogen-bond acceptors (Lipinski definition) is 3. The number of thiol groups is 1. The fourth-order valence-electron chi connectivity index (χ4n) is 0.809. The normalized spacial score (nSPS) is 9.92. The molecule has 0 heterocycles. The minimum Gasteiger partial charge on any atom is -0.258 e. The van der Waals surface area contributed by atoms with Gasteiger partial charge in [0, 0.05) is 11.1 Å².